The van der Waals surface area contributed by atoms with Gasteiger partial charge in [0.05, 0.1) is 24.6 Å². The number of alkyl halides is 3. The second-order valence-electron chi connectivity index (χ2n) is 7.79. The van der Waals surface area contributed by atoms with E-state index in [2.05, 4.69) is 15.7 Å². The fraction of sp³-hybridized carbons (Fsp3) is 0.115. The first-order valence-corrected chi connectivity index (χ1v) is 10.8. The molecule has 3 aromatic carbocycles. The number of anilines is 2. The molecule has 10 heteroatoms. The highest BCUT2D eigenvalue weighted by atomic mass is 19.4. The Morgan fingerprint density at radius 2 is 1.64 bits per heavy atom. The maximum absolute atomic E-state index is 13.1. The van der Waals surface area contributed by atoms with Crippen molar-refractivity contribution in [2.24, 2.45) is 0 Å². The van der Waals surface area contributed by atoms with Gasteiger partial charge in [-0.15, -0.1) is 0 Å². The molecule has 0 bridgehead atoms. The topological polar surface area (TPSA) is 85.2 Å². The standard InChI is InChI=1S/C26H21F3N4O3/c1-16-20(24(34)30-18-9-4-3-5-10-18)12-7-13-21(16)31-25(35)23-22(36-2)15-33(32-23)19-11-6-8-17(14-19)26(27,28)29/h3-15H,1-2H3,(H,30,34)(H,31,35). The van der Waals surface area contributed by atoms with E-state index in [9.17, 15) is 22.8 Å². The highest BCUT2D eigenvalue weighted by Crippen LogP contribution is 2.31. The molecular formula is C26H21F3N4O3. The summed E-state index contributed by atoms with van der Waals surface area (Å²) in [6.45, 7) is 1.69. The Hall–Kier alpha value is -4.60. The van der Waals surface area contributed by atoms with E-state index in [1.165, 1.54) is 25.4 Å². The van der Waals surface area contributed by atoms with Crippen LogP contribution in [-0.4, -0.2) is 28.7 Å². The smallest absolute Gasteiger partial charge is 0.416 e. The zero-order chi connectivity index (χ0) is 25.9. The lowest BCUT2D eigenvalue weighted by Gasteiger charge is -2.12. The van der Waals surface area contributed by atoms with E-state index in [0.29, 0.717) is 22.5 Å². The van der Waals surface area contributed by atoms with Crippen molar-refractivity contribution in [2.75, 3.05) is 17.7 Å². The van der Waals surface area contributed by atoms with Gasteiger partial charge in [-0.3, -0.25) is 9.59 Å². The molecule has 0 fully saturated rings. The van der Waals surface area contributed by atoms with Crippen LogP contribution in [0, 0.1) is 6.92 Å². The monoisotopic (exact) mass is 494 g/mol. The Balaban J connectivity index is 1.59. The van der Waals surface area contributed by atoms with Crippen LogP contribution in [0.5, 0.6) is 5.75 Å². The highest BCUT2D eigenvalue weighted by molar-refractivity contribution is 6.09. The molecule has 0 atom stereocenters. The summed E-state index contributed by atoms with van der Waals surface area (Å²) in [5.41, 5.74) is 1.01. The number of carbonyl (C=O) groups is 2. The van der Waals surface area contributed by atoms with E-state index < -0.39 is 17.6 Å². The molecule has 1 heterocycles. The quantitative estimate of drug-likeness (QED) is 0.360. The maximum atomic E-state index is 13.1. The first-order valence-electron chi connectivity index (χ1n) is 10.8. The fourth-order valence-electron chi connectivity index (χ4n) is 3.54. The zero-order valence-electron chi connectivity index (χ0n) is 19.3. The Kier molecular flexibility index (Phi) is 6.77. The second-order valence-corrected chi connectivity index (χ2v) is 7.79. The van der Waals surface area contributed by atoms with Crippen molar-refractivity contribution < 1.29 is 27.5 Å². The number of para-hydroxylation sites is 1. The number of benzene rings is 3. The predicted octanol–water partition coefficient (Wildman–Crippen LogP) is 5.71. The minimum atomic E-state index is -4.52. The molecule has 0 saturated heterocycles. The predicted molar refractivity (Wildman–Crippen MR) is 129 cm³/mol. The third-order valence-corrected chi connectivity index (χ3v) is 5.41. The van der Waals surface area contributed by atoms with Crippen LogP contribution < -0.4 is 15.4 Å². The fourth-order valence-corrected chi connectivity index (χ4v) is 3.54. The lowest BCUT2D eigenvalue weighted by atomic mass is 10.1. The molecule has 2 amide bonds. The number of aromatic nitrogens is 2. The summed E-state index contributed by atoms with van der Waals surface area (Å²) in [6.07, 6.45) is -3.20. The number of halogens is 3. The van der Waals surface area contributed by atoms with Gasteiger partial charge in [-0.2, -0.15) is 18.3 Å². The van der Waals surface area contributed by atoms with Crippen LogP contribution in [-0.2, 0) is 6.18 Å². The molecule has 2 N–H and O–H groups in total. The number of hydrogen-bond acceptors (Lipinski definition) is 4. The van der Waals surface area contributed by atoms with E-state index in [1.54, 1.807) is 49.4 Å². The van der Waals surface area contributed by atoms with E-state index in [4.69, 9.17) is 4.74 Å². The third-order valence-electron chi connectivity index (χ3n) is 5.41. The Morgan fingerprint density at radius 3 is 2.33 bits per heavy atom. The Labute approximate surface area is 204 Å². The SMILES string of the molecule is COc1cn(-c2cccc(C(F)(F)F)c2)nc1C(=O)Nc1cccc(C(=O)Nc2ccccc2)c1C. The van der Waals surface area contributed by atoms with Crippen molar-refractivity contribution in [3.63, 3.8) is 0 Å². The number of carbonyl (C=O) groups excluding carboxylic acids is 2. The number of rotatable bonds is 6. The van der Waals surface area contributed by atoms with Crippen molar-refractivity contribution >= 4 is 23.2 Å². The van der Waals surface area contributed by atoms with Crippen LogP contribution in [0.3, 0.4) is 0 Å². The Morgan fingerprint density at radius 1 is 0.917 bits per heavy atom. The molecule has 0 aliphatic heterocycles. The Bertz CT molecular complexity index is 1420. The van der Waals surface area contributed by atoms with Crippen LogP contribution in [0.1, 0.15) is 32.0 Å². The van der Waals surface area contributed by atoms with Gasteiger partial charge in [-0.05, 0) is 55.0 Å². The molecule has 0 saturated carbocycles. The lowest BCUT2D eigenvalue weighted by molar-refractivity contribution is -0.137. The number of nitrogens with one attached hydrogen (secondary N) is 2. The molecule has 36 heavy (non-hydrogen) atoms. The molecular weight excluding hydrogens is 473 g/mol. The molecule has 0 aliphatic rings. The number of ether oxygens (including phenoxy) is 1. The summed E-state index contributed by atoms with van der Waals surface area (Å²) < 4.78 is 45.7. The summed E-state index contributed by atoms with van der Waals surface area (Å²) >= 11 is 0. The van der Waals surface area contributed by atoms with Gasteiger partial charge < -0.3 is 15.4 Å². The summed E-state index contributed by atoms with van der Waals surface area (Å²) in [7, 11) is 1.32. The summed E-state index contributed by atoms with van der Waals surface area (Å²) in [6, 6.07) is 18.4. The van der Waals surface area contributed by atoms with E-state index in [0.717, 1.165) is 16.8 Å². The van der Waals surface area contributed by atoms with Crippen molar-refractivity contribution in [3.8, 4) is 11.4 Å². The van der Waals surface area contributed by atoms with Gasteiger partial charge >= 0.3 is 6.18 Å². The van der Waals surface area contributed by atoms with Gasteiger partial charge in [0, 0.05) is 16.9 Å². The largest absolute Gasteiger partial charge is 0.493 e. The first-order chi connectivity index (χ1) is 17.2. The highest BCUT2D eigenvalue weighted by Gasteiger charge is 2.31. The average molecular weight is 494 g/mol. The maximum Gasteiger partial charge on any atom is 0.416 e. The molecule has 0 unspecified atom stereocenters. The van der Waals surface area contributed by atoms with Crippen molar-refractivity contribution in [1.29, 1.82) is 0 Å². The van der Waals surface area contributed by atoms with Crippen LogP contribution in [0.2, 0.25) is 0 Å². The minimum absolute atomic E-state index is 0.0699. The number of nitrogens with zero attached hydrogens (tertiary/aromatic N) is 2. The molecule has 0 spiro atoms. The van der Waals surface area contributed by atoms with Crippen LogP contribution in [0.15, 0.2) is 79.0 Å². The molecule has 184 valence electrons. The average Bonchev–Trinajstić information content (AvgIpc) is 3.30. The van der Waals surface area contributed by atoms with Gasteiger partial charge in [0.2, 0.25) is 0 Å². The molecule has 0 aliphatic carbocycles. The number of methoxy groups -OCH3 is 1. The van der Waals surface area contributed by atoms with Gasteiger partial charge in [-0.1, -0.05) is 30.3 Å². The van der Waals surface area contributed by atoms with Gasteiger partial charge in [0.1, 0.15) is 0 Å². The molecule has 4 rings (SSSR count). The number of amides is 2. The van der Waals surface area contributed by atoms with E-state index in [-0.39, 0.29) is 23.0 Å². The van der Waals surface area contributed by atoms with Crippen LogP contribution in [0.4, 0.5) is 24.5 Å². The van der Waals surface area contributed by atoms with Gasteiger partial charge in [0.15, 0.2) is 11.4 Å². The normalized spacial score (nSPS) is 11.1. The van der Waals surface area contributed by atoms with E-state index >= 15 is 0 Å². The minimum Gasteiger partial charge on any atom is -0.493 e. The van der Waals surface area contributed by atoms with Crippen LogP contribution in [0.25, 0.3) is 5.69 Å². The van der Waals surface area contributed by atoms with Crippen molar-refractivity contribution in [1.82, 2.24) is 9.78 Å². The summed E-state index contributed by atoms with van der Waals surface area (Å²) in [4.78, 5) is 25.8. The third kappa shape index (κ3) is 5.22. The first kappa shape index (κ1) is 24.5. The van der Waals surface area contributed by atoms with E-state index in [1.807, 2.05) is 6.07 Å². The van der Waals surface area contributed by atoms with Gasteiger partial charge in [0.25, 0.3) is 11.8 Å². The number of hydrogen-bond donors (Lipinski definition) is 2. The molecule has 1 aromatic heterocycles. The zero-order valence-corrected chi connectivity index (χ0v) is 19.3. The molecule has 7 nitrogen and oxygen atoms in total. The van der Waals surface area contributed by atoms with Crippen molar-refractivity contribution in [2.45, 2.75) is 13.1 Å². The molecule has 0 radical (unpaired) electrons. The molecule has 4 aromatic rings. The lowest BCUT2D eigenvalue weighted by Crippen LogP contribution is -2.18. The summed E-state index contributed by atoms with van der Waals surface area (Å²) in [5, 5.41) is 9.65. The summed E-state index contributed by atoms with van der Waals surface area (Å²) in [5.74, 6) is -0.928. The second kappa shape index (κ2) is 9.95. The van der Waals surface area contributed by atoms with Crippen molar-refractivity contribution in [3.05, 3.63) is 101 Å². The van der Waals surface area contributed by atoms with Gasteiger partial charge in [-0.25, -0.2) is 4.68 Å². The van der Waals surface area contributed by atoms with Crippen LogP contribution >= 0.6 is 0 Å².